The third-order valence-corrected chi connectivity index (χ3v) is 6.50. The predicted molar refractivity (Wildman–Crippen MR) is 123 cm³/mol. The first-order valence-electron chi connectivity index (χ1n) is 10.7. The Morgan fingerprint density at radius 3 is 2.39 bits per heavy atom. The second kappa shape index (κ2) is 10.5. The van der Waals surface area contributed by atoms with Crippen LogP contribution in [0.25, 0.3) is 0 Å². The molecule has 1 saturated carbocycles. The molecule has 0 unspecified atom stereocenters. The van der Waals surface area contributed by atoms with Gasteiger partial charge in [0, 0.05) is 37.0 Å². The van der Waals surface area contributed by atoms with E-state index in [1.54, 1.807) is 24.1 Å². The largest absolute Gasteiger partial charge is 0.496 e. The fraction of sp³-hybridized carbons (Fsp3) is 0.417. The summed E-state index contributed by atoms with van der Waals surface area (Å²) >= 11 is 4.62. The molecular formula is C24H29N3O3S. The lowest BCUT2D eigenvalue weighted by molar-refractivity contribution is 0.0923. The van der Waals surface area contributed by atoms with Gasteiger partial charge in [-0.1, -0.05) is 42.5 Å². The van der Waals surface area contributed by atoms with E-state index in [-0.39, 0.29) is 23.4 Å². The van der Waals surface area contributed by atoms with Gasteiger partial charge in [-0.25, -0.2) is 4.79 Å². The van der Waals surface area contributed by atoms with Crippen LogP contribution in [-0.2, 0) is 17.8 Å². The lowest BCUT2D eigenvalue weighted by atomic mass is 9.68. The van der Waals surface area contributed by atoms with E-state index in [1.807, 2.05) is 37.3 Å². The molecule has 6 nitrogen and oxygen atoms in total. The Balaban J connectivity index is 1.78. The highest BCUT2D eigenvalue weighted by atomic mass is 32.1. The molecule has 164 valence electrons. The Hall–Kier alpha value is -2.80. The van der Waals surface area contributed by atoms with Crippen molar-refractivity contribution in [3.8, 4) is 5.75 Å². The van der Waals surface area contributed by atoms with Crippen LogP contribution in [0.15, 0.2) is 59.0 Å². The van der Waals surface area contributed by atoms with Crippen LogP contribution in [0.3, 0.4) is 0 Å². The molecule has 0 heterocycles. The number of amides is 3. The van der Waals surface area contributed by atoms with Crippen LogP contribution in [0.2, 0.25) is 0 Å². The highest BCUT2D eigenvalue weighted by Crippen LogP contribution is 2.40. The zero-order valence-corrected chi connectivity index (χ0v) is 18.9. The van der Waals surface area contributed by atoms with Crippen molar-refractivity contribution in [2.24, 2.45) is 4.36 Å². The number of urea groups is 1. The summed E-state index contributed by atoms with van der Waals surface area (Å²) < 4.78 is 8.78. The maximum atomic E-state index is 12.9. The number of nitrogens with zero attached hydrogens (tertiary/aromatic N) is 2. The number of para-hydroxylation sites is 1. The first kappa shape index (κ1) is 22.9. The van der Waals surface area contributed by atoms with E-state index >= 15 is 0 Å². The monoisotopic (exact) mass is 439 g/mol. The van der Waals surface area contributed by atoms with Crippen LogP contribution in [-0.4, -0.2) is 43.1 Å². The van der Waals surface area contributed by atoms with E-state index in [0.717, 1.165) is 25.7 Å². The Labute approximate surface area is 189 Å². The van der Waals surface area contributed by atoms with Crippen LogP contribution < -0.4 is 10.1 Å². The normalized spacial score (nSPS) is 20.5. The number of nitrogens with one attached hydrogen (secondary N) is 1. The van der Waals surface area contributed by atoms with Crippen molar-refractivity contribution >= 4 is 24.4 Å². The average molecular weight is 440 g/mol. The van der Waals surface area contributed by atoms with Gasteiger partial charge in [-0.15, -0.1) is 4.36 Å². The summed E-state index contributed by atoms with van der Waals surface area (Å²) in [6.07, 6.45) is 3.39. The molecular weight excluding hydrogens is 410 g/mol. The van der Waals surface area contributed by atoms with Gasteiger partial charge in [-0.3, -0.25) is 4.79 Å². The van der Waals surface area contributed by atoms with Crippen molar-refractivity contribution in [3.63, 3.8) is 0 Å². The summed E-state index contributed by atoms with van der Waals surface area (Å²) in [5.74, 6) is 0.410. The quantitative estimate of drug-likeness (QED) is 0.691. The van der Waals surface area contributed by atoms with Gasteiger partial charge < -0.3 is 15.0 Å². The molecule has 0 bridgehead atoms. The zero-order chi connectivity index (χ0) is 22.3. The average Bonchev–Trinajstić information content (AvgIpc) is 2.84. The summed E-state index contributed by atoms with van der Waals surface area (Å²) in [6, 6.07) is 17.3. The van der Waals surface area contributed by atoms with Crippen LogP contribution in [0.4, 0.5) is 4.79 Å². The summed E-state index contributed by atoms with van der Waals surface area (Å²) in [5, 5.41) is 3.14. The van der Waals surface area contributed by atoms with Crippen LogP contribution in [0.5, 0.6) is 5.75 Å². The highest BCUT2D eigenvalue weighted by Gasteiger charge is 2.39. The van der Waals surface area contributed by atoms with Crippen molar-refractivity contribution in [2.45, 2.75) is 44.1 Å². The topological polar surface area (TPSA) is 71.0 Å². The summed E-state index contributed by atoms with van der Waals surface area (Å²) in [6.45, 7) is 3.06. The Morgan fingerprint density at radius 2 is 1.77 bits per heavy atom. The molecule has 0 saturated heterocycles. The van der Waals surface area contributed by atoms with Gasteiger partial charge in [0.05, 0.1) is 12.7 Å². The molecule has 1 fully saturated rings. The Bertz CT molecular complexity index is 911. The molecule has 1 aliphatic carbocycles. The number of carbonyl (C=O) groups excluding carboxylic acids is 2. The highest BCUT2D eigenvalue weighted by molar-refractivity contribution is 7.47. The lowest BCUT2D eigenvalue weighted by Gasteiger charge is -2.43. The fourth-order valence-corrected chi connectivity index (χ4v) is 4.71. The molecule has 0 aliphatic heterocycles. The maximum Gasteiger partial charge on any atom is 0.355 e. The number of rotatable bonds is 7. The van der Waals surface area contributed by atoms with E-state index in [2.05, 4.69) is 34.2 Å². The summed E-state index contributed by atoms with van der Waals surface area (Å²) in [4.78, 5) is 26.8. The molecule has 3 amide bonds. The van der Waals surface area contributed by atoms with E-state index in [4.69, 9.17) is 4.74 Å². The lowest BCUT2D eigenvalue weighted by Crippen LogP contribution is -2.48. The van der Waals surface area contributed by atoms with Crippen molar-refractivity contribution < 1.29 is 14.3 Å². The number of benzene rings is 2. The standard InChI is InChI=1S/C24H29N3O3S/c1-3-27(23(29)26-31)19-13-15-24(16-14-19,18-9-5-4-6-10-18)17-25-22(28)20-11-7-8-12-21(20)30-2/h4-12,19H,3,13-17H2,1-2H3,(H,25,28)/t19-,24+. The first-order chi connectivity index (χ1) is 15.0. The molecule has 1 aliphatic rings. The molecule has 2 aromatic rings. The summed E-state index contributed by atoms with van der Waals surface area (Å²) in [7, 11) is 1.56. The summed E-state index contributed by atoms with van der Waals surface area (Å²) in [5.41, 5.74) is 1.54. The number of ether oxygens (including phenoxy) is 1. The van der Waals surface area contributed by atoms with Gasteiger partial charge in [0.25, 0.3) is 5.91 Å². The molecule has 0 atom stereocenters. The molecule has 0 radical (unpaired) electrons. The minimum absolute atomic E-state index is 0.117. The molecule has 1 N–H and O–H groups in total. The predicted octanol–water partition coefficient (Wildman–Crippen LogP) is 4.48. The van der Waals surface area contributed by atoms with Crippen molar-refractivity contribution in [3.05, 3.63) is 65.7 Å². The number of hydrogen-bond acceptors (Lipinski definition) is 4. The number of methoxy groups -OCH3 is 1. The third kappa shape index (κ3) is 5.10. The molecule has 7 heteroatoms. The fourth-order valence-electron chi connectivity index (χ4n) is 4.61. The second-order valence-electron chi connectivity index (χ2n) is 7.92. The molecule has 31 heavy (non-hydrogen) atoms. The SMILES string of the molecule is CCN(C(=O)N=S)[C@H]1CC[C@@](CNC(=O)c2ccccc2OC)(c2ccccc2)CC1. The Kier molecular flexibility index (Phi) is 7.74. The first-order valence-corrected chi connectivity index (χ1v) is 11.0. The van der Waals surface area contributed by atoms with Crippen LogP contribution >= 0.6 is 0 Å². The van der Waals surface area contributed by atoms with Gasteiger partial charge in [0.1, 0.15) is 5.75 Å². The smallest absolute Gasteiger partial charge is 0.355 e. The van der Waals surface area contributed by atoms with E-state index in [1.165, 1.54) is 5.56 Å². The van der Waals surface area contributed by atoms with E-state index < -0.39 is 0 Å². The minimum atomic E-state index is -0.334. The van der Waals surface area contributed by atoms with Crippen molar-refractivity contribution in [1.29, 1.82) is 0 Å². The third-order valence-electron chi connectivity index (χ3n) is 6.34. The molecule has 0 spiro atoms. The molecule has 2 aromatic carbocycles. The van der Waals surface area contributed by atoms with Gasteiger partial charge in [0.2, 0.25) is 0 Å². The maximum absolute atomic E-state index is 12.9. The van der Waals surface area contributed by atoms with Crippen molar-refractivity contribution in [2.75, 3.05) is 20.2 Å². The minimum Gasteiger partial charge on any atom is -0.496 e. The molecule has 3 rings (SSSR count). The van der Waals surface area contributed by atoms with Crippen LogP contribution in [0, 0.1) is 0 Å². The van der Waals surface area contributed by atoms with E-state index in [0.29, 0.717) is 24.4 Å². The van der Waals surface area contributed by atoms with Gasteiger partial charge in [-0.2, -0.15) is 0 Å². The Morgan fingerprint density at radius 1 is 1.13 bits per heavy atom. The van der Waals surface area contributed by atoms with Gasteiger partial charge >= 0.3 is 6.03 Å². The van der Waals surface area contributed by atoms with Gasteiger partial charge in [0.15, 0.2) is 0 Å². The number of hydrogen-bond donors (Lipinski definition) is 1. The number of carbonyl (C=O) groups is 2. The molecule has 0 aromatic heterocycles. The zero-order valence-electron chi connectivity index (χ0n) is 18.0. The van der Waals surface area contributed by atoms with Crippen LogP contribution in [0.1, 0.15) is 48.5 Å². The van der Waals surface area contributed by atoms with E-state index in [9.17, 15) is 9.59 Å². The van der Waals surface area contributed by atoms with Gasteiger partial charge in [-0.05, 0) is 50.3 Å². The second-order valence-corrected chi connectivity index (χ2v) is 8.10. The van der Waals surface area contributed by atoms with Crippen molar-refractivity contribution in [1.82, 2.24) is 10.2 Å².